The summed E-state index contributed by atoms with van der Waals surface area (Å²) in [7, 11) is 1.92. The van der Waals surface area contributed by atoms with Crippen molar-refractivity contribution in [1.29, 1.82) is 0 Å². The fraction of sp³-hybridized carbons (Fsp3) is 0.174. The number of rotatable bonds is 4. The molecule has 146 valence electrons. The molecule has 6 heteroatoms. The van der Waals surface area contributed by atoms with Crippen LogP contribution in [0, 0.1) is 26.6 Å². The molecular weight excluding hydrogens is 369 g/mol. The quantitative estimate of drug-likeness (QED) is 0.444. The fourth-order valence-electron chi connectivity index (χ4n) is 3.54. The number of aromatic nitrogens is 3. The largest absolute Gasteiger partial charge is 0.436 e. The first-order chi connectivity index (χ1) is 13.9. The highest BCUT2D eigenvalue weighted by Crippen LogP contribution is 2.35. The lowest BCUT2D eigenvalue weighted by Gasteiger charge is -2.15. The van der Waals surface area contributed by atoms with Gasteiger partial charge in [0.25, 0.3) is 0 Å². The van der Waals surface area contributed by atoms with Gasteiger partial charge in [0.1, 0.15) is 29.2 Å². The molecule has 4 aromatic rings. The zero-order chi connectivity index (χ0) is 20.7. The average Bonchev–Trinajstić information content (AvgIpc) is 3.04. The van der Waals surface area contributed by atoms with E-state index >= 15 is 0 Å². The van der Waals surface area contributed by atoms with Crippen molar-refractivity contribution in [2.75, 3.05) is 0 Å². The van der Waals surface area contributed by atoms with Crippen LogP contribution in [-0.2, 0) is 7.05 Å². The first-order valence-electron chi connectivity index (χ1n) is 9.21. The van der Waals surface area contributed by atoms with Crippen molar-refractivity contribution < 1.29 is 13.9 Å². The predicted molar refractivity (Wildman–Crippen MR) is 110 cm³/mol. The Morgan fingerprint density at radius 1 is 1.03 bits per heavy atom. The van der Waals surface area contributed by atoms with Gasteiger partial charge < -0.3 is 9.30 Å². The van der Waals surface area contributed by atoms with Crippen molar-refractivity contribution in [2.24, 2.45) is 7.05 Å². The molecule has 0 saturated carbocycles. The van der Waals surface area contributed by atoms with Gasteiger partial charge >= 0.3 is 0 Å². The number of ether oxygens (including phenoxy) is 1. The summed E-state index contributed by atoms with van der Waals surface area (Å²) in [5.41, 5.74) is 4.83. The number of nitrogens with zero attached hydrogens (tertiary/aromatic N) is 3. The van der Waals surface area contributed by atoms with E-state index in [-0.39, 0.29) is 0 Å². The summed E-state index contributed by atoms with van der Waals surface area (Å²) in [6.07, 6.45) is 2.55. The maximum absolute atomic E-state index is 14.5. The molecule has 0 amide bonds. The summed E-state index contributed by atoms with van der Waals surface area (Å²) in [4.78, 5) is 19.8. The maximum atomic E-state index is 14.5. The summed E-state index contributed by atoms with van der Waals surface area (Å²) >= 11 is 0. The van der Waals surface area contributed by atoms with E-state index in [0.717, 1.165) is 27.7 Å². The molecule has 0 radical (unpaired) electrons. The molecular formula is C23H20FN3O2. The van der Waals surface area contributed by atoms with Crippen molar-refractivity contribution in [3.8, 4) is 22.8 Å². The van der Waals surface area contributed by atoms with Gasteiger partial charge in [-0.3, -0.25) is 4.79 Å². The lowest BCUT2D eigenvalue weighted by molar-refractivity contribution is 0.112. The van der Waals surface area contributed by atoms with Crippen LogP contribution < -0.4 is 4.74 Å². The molecule has 2 heterocycles. The molecule has 29 heavy (non-hydrogen) atoms. The Labute approximate surface area is 167 Å². The zero-order valence-corrected chi connectivity index (χ0v) is 16.7. The monoisotopic (exact) mass is 389 g/mol. The Morgan fingerprint density at radius 2 is 1.76 bits per heavy atom. The summed E-state index contributed by atoms with van der Waals surface area (Å²) in [5, 5.41) is 0. The van der Waals surface area contributed by atoms with Gasteiger partial charge in [0, 0.05) is 24.4 Å². The topological polar surface area (TPSA) is 57.0 Å². The van der Waals surface area contributed by atoms with Crippen LogP contribution in [0.1, 0.15) is 27.3 Å². The van der Waals surface area contributed by atoms with Gasteiger partial charge in [0.2, 0.25) is 5.88 Å². The number of fused-ring (bicyclic) bond motifs is 1. The minimum Gasteiger partial charge on any atom is -0.436 e. The molecule has 0 aliphatic heterocycles. The SMILES string of the molecule is Cc1nc(Oc2c(C)cc(-c3ccc(C=O)cc3F)cc2C)c2c(ccn2C)n1. The summed E-state index contributed by atoms with van der Waals surface area (Å²) < 4.78 is 22.6. The van der Waals surface area contributed by atoms with Crippen LogP contribution in [-0.4, -0.2) is 20.8 Å². The van der Waals surface area contributed by atoms with E-state index in [0.29, 0.717) is 34.9 Å². The van der Waals surface area contributed by atoms with Gasteiger partial charge in [-0.25, -0.2) is 9.37 Å². The summed E-state index contributed by atoms with van der Waals surface area (Å²) in [5.74, 6) is 1.36. The maximum Gasteiger partial charge on any atom is 0.247 e. The van der Waals surface area contributed by atoms with Crippen LogP contribution in [0.15, 0.2) is 42.6 Å². The molecule has 2 aromatic carbocycles. The normalized spacial score (nSPS) is 11.1. The minimum absolute atomic E-state index is 0.311. The van der Waals surface area contributed by atoms with Gasteiger partial charge in [-0.15, -0.1) is 0 Å². The molecule has 0 saturated heterocycles. The molecule has 0 bridgehead atoms. The molecule has 0 N–H and O–H groups in total. The van der Waals surface area contributed by atoms with E-state index in [2.05, 4.69) is 9.97 Å². The van der Waals surface area contributed by atoms with Gasteiger partial charge in [-0.1, -0.05) is 12.1 Å². The zero-order valence-electron chi connectivity index (χ0n) is 16.7. The second kappa shape index (κ2) is 7.13. The highest BCUT2D eigenvalue weighted by molar-refractivity contribution is 5.81. The average molecular weight is 389 g/mol. The molecule has 0 spiro atoms. The van der Waals surface area contributed by atoms with Crippen molar-refractivity contribution in [3.05, 3.63) is 70.9 Å². The molecule has 0 aliphatic carbocycles. The smallest absolute Gasteiger partial charge is 0.247 e. The van der Waals surface area contributed by atoms with Gasteiger partial charge in [-0.05, 0) is 61.7 Å². The van der Waals surface area contributed by atoms with Crippen molar-refractivity contribution >= 4 is 17.3 Å². The van der Waals surface area contributed by atoms with Crippen LogP contribution >= 0.6 is 0 Å². The summed E-state index contributed by atoms with van der Waals surface area (Å²) in [6, 6.07) is 10.1. The lowest BCUT2D eigenvalue weighted by Crippen LogP contribution is -2.00. The van der Waals surface area contributed by atoms with Crippen LogP contribution in [0.2, 0.25) is 0 Å². The lowest BCUT2D eigenvalue weighted by atomic mass is 9.98. The van der Waals surface area contributed by atoms with Crippen LogP contribution in [0.3, 0.4) is 0 Å². The fourth-order valence-corrected chi connectivity index (χ4v) is 3.54. The number of aldehydes is 1. The first kappa shape index (κ1) is 18.8. The molecule has 0 aliphatic rings. The second-order valence-electron chi connectivity index (χ2n) is 7.13. The van der Waals surface area contributed by atoms with Crippen molar-refractivity contribution in [2.45, 2.75) is 20.8 Å². The van der Waals surface area contributed by atoms with Crippen molar-refractivity contribution in [3.63, 3.8) is 0 Å². The number of aryl methyl sites for hydroxylation is 4. The Hall–Kier alpha value is -3.54. The number of hydrogen-bond acceptors (Lipinski definition) is 4. The van der Waals surface area contributed by atoms with E-state index in [9.17, 15) is 9.18 Å². The minimum atomic E-state index is -0.431. The van der Waals surface area contributed by atoms with Crippen LogP contribution in [0.4, 0.5) is 4.39 Å². The van der Waals surface area contributed by atoms with Gasteiger partial charge in [0.05, 0.1) is 5.52 Å². The van der Waals surface area contributed by atoms with E-state index in [1.807, 2.05) is 56.8 Å². The Bertz CT molecular complexity index is 1240. The first-order valence-corrected chi connectivity index (χ1v) is 9.21. The molecule has 0 unspecified atom stereocenters. The highest BCUT2D eigenvalue weighted by atomic mass is 19.1. The Kier molecular flexibility index (Phi) is 4.62. The molecule has 4 rings (SSSR count). The summed E-state index contributed by atoms with van der Waals surface area (Å²) in [6.45, 7) is 5.66. The van der Waals surface area contributed by atoms with Crippen LogP contribution in [0.5, 0.6) is 11.6 Å². The van der Waals surface area contributed by atoms with E-state index in [4.69, 9.17) is 4.74 Å². The Morgan fingerprint density at radius 3 is 2.41 bits per heavy atom. The standard InChI is InChI=1S/C23H20FN3O2/c1-13-9-17(18-6-5-16(12-28)11-19(18)24)10-14(2)22(13)29-23-21-20(7-8-27(21)4)25-15(3)26-23/h5-12H,1-4H3. The van der Waals surface area contributed by atoms with Gasteiger partial charge in [0.15, 0.2) is 0 Å². The van der Waals surface area contributed by atoms with E-state index in [1.54, 1.807) is 12.1 Å². The number of carbonyl (C=O) groups is 1. The molecule has 0 fully saturated rings. The third kappa shape index (κ3) is 3.38. The number of benzene rings is 2. The van der Waals surface area contributed by atoms with Crippen molar-refractivity contribution in [1.82, 2.24) is 14.5 Å². The number of carbonyl (C=O) groups excluding carboxylic acids is 1. The highest BCUT2D eigenvalue weighted by Gasteiger charge is 2.16. The van der Waals surface area contributed by atoms with Gasteiger partial charge in [-0.2, -0.15) is 4.98 Å². The third-order valence-electron chi connectivity index (χ3n) is 4.90. The third-order valence-corrected chi connectivity index (χ3v) is 4.90. The Balaban J connectivity index is 1.78. The molecule has 5 nitrogen and oxygen atoms in total. The predicted octanol–water partition coefficient (Wildman–Crippen LogP) is 5.30. The second-order valence-corrected chi connectivity index (χ2v) is 7.13. The molecule has 0 atom stereocenters. The number of hydrogen-bond donors (Lipinski definition) is 0. The van der Waals surface area contributed by atoms with E-state index in [1.165, 1.54) is 6.07 Å². The van der Waals surface area contributed by atoms with E-state index < -0.39 is 5.82 Å². The molecule has 2 aromatic heterocycles. The van der Waals surface area contributed by atoms with Crippen LogP contribution in [0.25, 0.3) is 22.2 Å². The number of halogens is 1.